The molecular formula is C45H45N7O5. The normalized spacial score (nSPS) is 17.1. The Hall–Kier alpha value is -6.69. The van der Waals surface area contributed by atoms with Gasteiger partial charge in [0.15, 0.2) is 0 Å². The molecule has 0 spiro atoms. The van der Waals surface area contributed by atoms with Crippen molar-refractivity contribution in [3.05, 3.63) is 138 Å². The zero-order valence-corrected chi connectivity index (χ0v) is 32.0. The summed E-state index contributed by atoms with van der Waals surface area (Å²) in [5, 5.41) is 9.79. The minimum Gasteiger partial charge on any atom is -0.496 e. The number of imidazole rings is 2. The molecule has 57 heavy (non-hydrogen) atoms. The van der Waals surface area contributed by atoms with Crippen molar-refractivity contribution in [2.45, 2.75) is 50.2 Å². The lowest BCUT2D eigenvalue weighted by molar-refractivity contribution is -0.137. The number of benzene rings is 4. The molecule has 0 saturated carbocycles. The number of aromatic nitrogens is 4. The number of ether oxygens (including phenoxy) is 1. The van der Waals surface area contributed by atoms with Gasteiger partial charge in [-0.2, -0.15) is 0 Å². The van der Waals surface area contributed by atoms with Crippen LogP contribution in [0.4, 0.5) is 4.79 Å². The van der Waals surface area contributed by atoms with Crippen LogP contribution < -0.4 is 4.74 Å². The van der Waals surface area contributed by atoms with Gasteiger partial charge in [0.25, 0.3) is 5.91 Å². The van der Waals surface area contributed by atoms with Gasteiger partial charge >= 0.3 is 6.09 Å². The van der Waals surface area contributed by atoms with Gasteiger partial charge < -0.3 is 29.6 Å². The first-order chi connectivity index (χ1) is 27.8. The number of rotatable bonds is 11. The van der Waals surface area contributed by atoms with E-state index >= 15 is 0 Å². The maximum atomic E-state index is 13.9. The highest BCUT2D eigenvalue weighted by atomic mass is 16.5. The summed E-state index contributed by atoms with van der Waals surface area (Å²) in [4.78, 5) is 60.4. The van der Waals surface area contributed by atoms with Crippen molar-refractivity contribution < 1.29 is 24.2 Å². The number of carbonyl (C=O) groups excluding carboxylic acids is 2. The Morgan fingerprint density at radius 2 is 1.25 bits per heavy atom. The van der Waals surface area contributed by atoms with Gasteiger partial charge in [0.05, 0.1) is 49.4 Å². The van der Waals surface area contributed by atoms with E-state index in [1.807, 2.05) is 53.6 Å². The topological polar surface area (TPSA) is 148 Å². The fourth-order valence-electron chi connectivity index (χ4n) is 8.20. The van der Waals surface area contributed by atoms with Gasteiger partial charge in [-0.15, -0.1) is 0 Å². The van der Waals surface area contributed by atoms with Crippen LogP contribution in [0, 0.1) is 0 Å². The molecule has 3 N–H and O–H groups in total. The number of likely N-dealkylation sites (tertiary alicyclic amines) is 2. The SMILES string of the molecule is COc1ccccc1CC(=O)N1CCC[C@H]1c1ncc(-c2ccc(-c3ccc(-c4cnc([C@@H]5CCCN5C(=O)[C@@H](c5ccccc5)N(C)C(=O)O)[nH]4)cc3)cc2)[nH]1. The van der Waals surface area contributed by atoms with Crippen LogP contribution in [0.2, 0.25) is 0 Å². The molecule has 0 aliphatic carbocycles. The maximum Gasteiger partial charge on any atom is 0.407 e. The minimum atomic E-state index is -1.16. The Bertz CT molecular complexity index is 2360. The summed E-state index contributed by atoms with van der Waals surface area (Å²) in [6.07, 6.45) is 6.07. The number of nitrogens with one attached hydrogen (secondary N) is 2. The molecule has 0 bridgehead atoms. The van der Waals surface area contributed by atoms with E-state index in [-0.39, 0.29) is 30.3 Å². The van der Waals surface area contributed by atoms with E-state index in [2.05, 4.69) is 63.5 Å². The van der Waals surface area contributed by atoms with Crippen LogP contribution in [-0.2, 0) is 16.0 Å². The number of H-pyrrole nitrogens is 2. The lowest BCUT2D eigenvalue weighted by Crippen LogP contribution is -2.43. The predicted molar refractivity (Wildman–Crippen MR) is 216 cm³/mol. The number of amides is 3. The fraction of sp³-hybridized carbons (Fsp3) is 0.267. The number of carboxylic acid groups (broad SMARTS) is 1. The largest absolute Gasteiger partial charge is 0.496 e. The van der Waals surface area contributed by atoms with Gasteiger partial charge in [-0.05, 0) is 59.6 Å². The molecule has 12 heteroatoms. The van der Waals surface area contributed by atoms with Gasteiger partial charge in [0.1, 0.15) is 23.4 Å². The molecule has 2 saturated heterocycles. The molecular weight excluding hydrogens is 719 g/mol. The molecule has 2 aliphatic heterocycles. The monoisotopic (exact) mass is 763 g/mol. The number of methoxy groups -OCH3 is 1. The Labute approximate surface area is 331 Å². The molecule has 12 nitrogen and oxygen atoms in total. The summed E-state index contributed by atoms with van der Waals surface area (Å²) in [5.74, 6) is 2.01. The van der Waals surface area contributed by atoms with Crippen molar-refractivity contribution in [3.63, 3.8) is 0 Å². The van der Waals surface area contributed by atoms with E-state index < -0.39 is 12.1 Å². The van der Waals surface area contributed by atoms with E-state index in [9.17, 15) is 19.5 Å². The van der Waals surface area contributed by atoms with E-state index in [0.717, 1.165) is 81.4 Å². The molecule has 6 aromatic rings. The number of likely N-dealkylation sites (N-methyl/N-ethyl adjacent to an activating group) is 1. The minimum absolute atomic E-state index is 0.0654. The average molecular weight is 764 g/mol. The van der Waals surface area contributed by atoms with Crippen LogP contribution in [0.25, 0.3) is 33.6 Å². The first kappa shape index (κ1) is 37.2. The number of para-hydroxylation sites is 1. The number of nitrogens with zero attached hydrogens (tertiary/aromatic N) is 5. The summed E-state index contributed by atoms with van der Waals surface area (Å²) in [6.45, 7) is 1.23. The van der Waals surface area contributed by atoms with Crippen molar-refractivity contribution in [3.8, 4) is 39.4 Å². The second kappa shape index (κ2) is 16.2. The van der Waals surface area contributed by atoms with E-state index in [0.29, 0.717) is 24.5 Å². The van der Waals surface area contributed by atoms with E-state index in [1.165, 1.54) is 7.05 Å². The standard InChI is InChI=1S/C45H45N7O5/c1-50(45(55)56)41(33-10-4-3-5-11-33)44(54)52-25-9-14-38(52)43-47-28-36(49-43)32-22-18-30(19-23-32)29-16-20-31(21-17-29)35-27-46-42(48-35)37-13-8-24-51(37)40(53)26-34-12-6-7-15-39(34)57-2/h3-7,10-12,15-23,27-28,37-38,41H,8-9,13-14,24-26H2,1-2H3,(H,46,48)(H,47,49)(H,55,56)/t37-,38-,41+/m0/s1. The Balaban J connectivity index is 0.924. The number of hydrogen-bond acceptors (Lipinski definition) is 6. The Morgan fingerprint density at radius 3 is 1.81 bits per heavy atom. The van der Waals surface area contributed by atoms with Crippen molar-refractivity contribution >= 4 is 17.9 Å². The highest BCUT2D eigenvalue weighted by Crippen LogP contribution is 2.36. The fourth-order valence-corrected chi connectivity index (χ4v) is 8.20. The molecule has 2 aromatic heterocycles. The zero-order valence-electron chi connectivity index (χ0n) is 32.0. The zero-order chi connectivity index (χ0) is 39.5. The quantitative estimate of drug-likeness (QED) is 0.121. The van der Waals surface area contributed by atoms with Gasteiger partial charge in [-0.25, -0.2) is 14.8 Å². The lowest BCUT2D eigenvalue weighted by Gasteiger charge is -2.32. The van der Waals surface area contributed by atoms with Crippen molar-refractivity contribution in [2.24, 2.45) is 0 Å². The molecule has 0 radical (unpaired) electrons. The Kier molecular flexibility index (Phi) is 10.6. The van der Waals surface area contributed by atoms with Crippen LogP contribution in [0.3, 0.4) is 0 Å². The molecule has 0 unspecified atom stereocenters. The molecule has 3 atom stereocenters. The van der Waals surface area contributed by atoms with Crippen LogP contribution in [0.15, 0.2) is 116 Å². The third-order valence-electron chi connectivity index (χ3n) is 11.2. The lowest BCUT2D eigenvalue weighted by atomic mass is 10.0. The van der Waals surface area contributed by atoms with E-state index in [4.69, 9.17) is 9.72 Å². The summed E-state index contributed by atoms with van der Waals surface area (Å²) < 4.78 is 5.47. The smallest absolute Gasteiger partial charge is 0.407 e. The van der Waals surface area contributed by atoms with Crippen molar-refractivity contribution in [1.82, 2.24) is 34.6 Å². The molecule has 8 rings (SSSR count). The second-order valence-corrected chi connectivity index (χ2v) is 14.6. The summed E-state index contributed by atoms with van der Waals surface area (Å²) in [6, 6.07) is 31.9. The third kappa shape index (κ3) is 7.62. The summed E-state index contributed by atoms with van der Waals surface area (Å²) in [7, 11) is 3.06. The number of carbonyl (C=O) groups is 3. The van der Waals surface area contributed by atoms with Gasteiger partial charge in [0.2, 0.25) is 5.91 Å². The highest BCUT2D eigenvalue weighted by Gasteiger charge is 2.39. The van der Waals surface area contributed by atoms with Crippen molar-refractivity contribution in [1.29, 1.82) is 0 Å². The second-order valence-electron chi connectivity index (χ2n) is 14.6. The molecule has 3 amide bonds. The maximum absolute atomic E-state index is 13.9. The Morgan fingerprint density at radius 1 is 0.737 bits per heavy atom. The predicted octanol–water partition coefficient (Wildman–Crippen LogP) is 8.06. The van der Waals surface area contributed by atoms with Crippen LogP contribution in [0.5, 0.6) is 5.75 Å². The number of hydrogen-bond donors (Lipinski definition) is 3. The summed E-state index contributed by atoms with van der Waals surface area (Å²) >= 11 is 0. The third-order valence-corrected chi connectivity index (χ3v) is 11.2. The van der Waals surface area contributed by atoms with Crippen LogP contribution in [-0.4, -0.2) is 84.9 Å². The van der Waals surface area contributed by atoms with Crippen molar-refractivity contribution in [2.75, 3.05) is 27.2 Å². The van der Waals surface area contributed by atoms with Crippen LogP contribution in [0.1, 0.15) is 66.6 Å². The highest BCUT2D eigenvalue weighted by molar-refractivity contribution is 5.87. The molecule has 2 fully saturated rings. The first-order valence-corrected chi connectivity index (χ1v) is 19.3. The molecule has 4 aromatic carbocycles. The molecule has 2 aliphatic rings. The molecule has 290 valence electrons. The van der Waals surface area contributed by atoms with E-state index in [1.54, 1.807) is 30.3 Å². The van der Waals surface area contributed by atoms with Gasteiger partial charge in [0, 0.05) is 25.7 Å². The van der Waals surface area contributed by atoms with Crippen LogP contribution >= 0.6 is 0 Å². The number of aromatic amines is 2. The van der Waals surface area contributed by atoms with Gasteiger partial charge in [-0.3, -0.25) is 14.5 Å². The average Bonchev–Trinajstić information content (AvgIpc) is 4.09. The van der Waals surface area contributed by atoms with Gasteiger partial charge in [-0.1, -0.05) is 97.1 Å². The first-order valence-electron chi connectivity index (χ1n) is 19.3. The summed E-state index contributed by atoms with van der Waals surface area (Å²) in [5.41, 5.74) is 7.35. The molecule has 4 heterocycles.